The summed E-state index contributed by atoms with van der Waals surface area (Å²) < 4.78 is 1.48. The average molecular weight is 165 g/mol. The van der Waals surface area contributed by atoms with Gasteiger partial charge in [-0.1, -0.05) is 0 Å². The highest BCUT2D eigenvalue weighted by atomic mass is 16.7. The number of hydrogen-bond donors (Lipinski definition) is 1. The standard InChI is InChI=1S/C7H7N3O2/c1-10-4-5(3-8)2-6(10)7(11)12-9/h2,4H,9H2,1H3. The number of hydrogen-bond acceptors (Lipinski definition) is 4. The fourth-order valence-corrected chi connectivity index (χ4v) is 0.889. The Kier molecular flexibility index (Phi) is 2.12. The number of nitriles is 1. The Morgan fingerprint density at radius 1 is 1.83 bits per heavy atom. The molecule has 5 nitrogen and oxygen atoms in total. The van der Waals surface area contributed by atoms with Gasteiger partial charge in [0.05, 0.1) is 5.56 Å². The van der Waals surface area contributed by atoms with E-state index >= 15 is 0 Å². The van der Waals surface area contributed by atoms with Gasteiger partial charge in [0, 0.05) is 13.2 Å². The number of carbonyl (C=O) groups excluding carboxylic acids is 1. The van der Waals surface area contributed by atoms with E-state index in [0.29, 0.717) is 5.56 Å². The summed E-state index contributed by atoms with van der Waals surface area (Å²) in [6.45, 7) is 0. The fraction of sp³-hybridized carbons (Fsp3) is 0.143. The maximum absolute atomic E-state index is 10.9. The fourth-order valence-electron chi connectivity index (χ4n) is 0.889. The lowest BCUT2D eigenvalue weighted by Crippen LogP contribution is -2.13. The zero-order valence-corrected chi connectivity index (χ0v) is 6.44. The summed E-state index contributed by atoms with van der Waals surface area (Å²) in [5.41, 5.74) is 0.659. The molecule has 0 radical (unpaired) electrons. The van der Waals surface area contributed by atoms with Gasteiger partial charge < -0.3 is 9.40 Å². The molecule has 0 amide bonds. The topological polar surface area (TPSA) is 81.0 Å². The van der Waals surface area contributed by atoms with Crippen molar-refractivity contribution < 1.29 is 9.63 Å². The summed E-state index contributed by atoms with van der Waals surface area (Å²) in [6.07, 6.45) is 1.52. The van der Waals surface area contributed by atoms with Gasteiger partial charge >= 0.3 is 5.97 Å². The van der Waals surface area contributed by atoms with E-state index in [1.54, 1.807) is 7.05 Å². The van der Waals surface area contributed by atoms with Gasteiger partial charge in [-0.05, 0) is 6.07 Å². The van der Waals surface area contributed by atoms with Crippen LogP contribution in [0.5, 0.6) is 0 Å². The number of aromatic nitrogens is 1. The predicted molar refractivity (Wildman–Crippen MR) is 39.7 cm³/mol. The first kappa shape index (κ1) is 8.30. The second-order valence-corrected chi connectivity index (χ2v) is 2.24. The molecule has 0 aromatic carbocycles. The minimum absolute atomic E-state index is 0.258. The van der Waals surface area contributed by atoms with Crippen LogP contribution in [0.25, 0.3) is 0 Å². The minimum atomic E-state index is -0.654. The summed E-state index contributed by atoms with van der Waals surface area (Å²) in [5.74, 6) is 4.02. The van der Waals surface area contributed by atoms with Crippen molar-refractivity contribution in [3.8, 4) is 6.07 Å². The highest BCUT2D eigenvalue weighted by molar-refractivity contribution is 5.88. The second kappa shape index (κ2) is 3.07. The molecule has 1 heterocycles. The van der Waals surface area contributed by atoms with Crippen LogP contribution in [0.2, 0.25) is 0 Å². The maximum atomic E-state index is 10.9. The molecule has 0 unspecified atom stereocenters. The lowest BCUT2D eigenvalue weighted by molar-refractivity contribution is 0.0492. The second-order valence-electron chi connectivity index (χ2n) is 2.24. The monoisotopic (exact) mass is 165 g/mol. The van der Waals surface area contributed by atoms with Gasteiger partial charge in [0.1, 0.15) is 11.8 Å². The molecule has 0 atom stereocenters. The van der Waals surface area contributed by atoms with Crippen LogP contribution in [0.1, 0.15) is 16.1 Å². The van der Waals surface area contributed by atoms with Crippen LogP contribution in [0.4, 0.5) is 0 Å². The van der Waals surface area contributed by atoms with E-state index in [1.807, 2.05) is 6.07 Å². The van der Waals surface area contributed by atoms with Gasteiger partial charge in [-0.2, -0.15) is 11.2 Å². The predicted octanol–water partition coefficient (Wildman–Crippen LogP) is -0.0727. The zero-order valence-electron chi connectivity index (χ0n) is 6.44. The minimum Gasteiger partial charge on any atom is -0.369 e. The van der Waals surface area contributed by atoms with E-state index < -0.39 is 5.97 Å². The molecule has 0 aliphatic carbocycles. The third-order valence-corrected chi connectivity index (χ3v) is 1.45. The lowest BCUT2D eigenvalue weighted by Gasteiger charge is -1.97. The van der Waals surface area contributed by atoms with Gasteiger partial charge in [-0.15, -0.1) is 0 Å². The molecule has 1 aromatic heterocycles. The number of carbonyl (C=O) groups is 1. The molecule has 1 aromatic rings. The van der Waals surface area contributed by atoms with Crippen LogP contribution >= 0.6 is 0 Å². The SMILES string of the molecule is Cn1cc(C#N)cc1C(=O)ON. The van der Waals surface area contributed by atoms with Crippen LogP contribution in [-0.2, 0) is 11.9 Å². The van der Waals surface area contributed by atoms with E-state index in [4.69, 9.17) is 5.26 Å². The van der Waals surface area contributed by atoms with Gasteiger partial charge in [0.25, 0.3) is 0 Å². The summed E-state index contributed by atoms with van der Waals surface area (Å²) in [6, 6.07) is 3.31. The lowest BCUT2D eigenvalue weighted by atomic mass is 10.3. The van der Waals surface area contributed by atoms with Crippen molar-refractivity contribution in [1.82, 2.24) is 4.57 Å². The average Bonchev–Trinajstić information content (AvgIpc) is 2.45. The highest BCUT2D eigenvalue weighted by Gasteiger charge is 2.11. The number of nitrogens with two attached hydrogens (primary N) is 1. The number of rotatable bonds is 1. The van der Waals surface area contributed by atoms with Crippen molar-refractivity contribution in [2.24, 2.45) is 12.9 Å². The molecule has 62 valence electrons. The Labute approximate surface area is 68.9 Å². The molecular weight excluding hydrogens is 158 g/mol. The molecule has 0 spiro atoms. The molecular formula is C7H7N3O2. The first-order valence-corrected chi connectivity index (χ1v) is 3.16. The number of nitrogens with zero attached hydrogens (tertiary/aromatic N) is 2. The third kappa shape index (κ3) is 1.28. The first-order chi connectivity index (χ1) is 5.69. The molecule has 0 fully saturated rings. The van der Waals surface area contributed by atoms with Crippen molar-refractivity contribution in [2.45, 2.75) is 0 Å². The van der Waals surface area contributed by atoms with Gasteiger partial charge in [-0.3, -0.25) is 0 Å². The third-order valence-electron chi connectivity index (χ3n) is 1.45. The van der Waals surface area contributed by atoms with E-state index in [9.17, 15) is 4.79 Å². The van der Waals surface area contributed by atoms with E-state index in [-0.39, 0.29) is 5.69 Å². The van der Waals surface area contributed by atoms with Crippen molar-refractivity contribution in [3.63, 3.8) is 0 Å². The Morgan fingerprint density at radius 2 is 2.50 bits per heavy atom. The van der Waals surface area contributed by atoms with Crippen LogP contribution in [0.15, 0.2) is 12.3 Å². The highest BCUT2D eigenvalue weighted by Crippen LogP contribution is 2.06. The van der Waals surface area contributed by atoms with Crippen LogP contribution < -0.4 is 5.90 Å². The quantitative estimate of drug-likeness (QED) is 0.590. The Balaban J connectivity index is 3.10. The molecule has 0 aliphatic rings. The molecule has 2 N–H and O–H groups in total. The molecule has 5 heteroatoms. The maximum Gasteiger partial charge on any atom is 0.373 e. The molecule has 0 aliphatic heterocycles. The van der Waals surface area contributed by atoms with Crippen LogP contribution in [0.3, 0.4) is 0 Å². The molecule has 0 saturated carbocycles. The molecule has 0 bridgehead atoms. The Hall–Kier alpha value is -1.80. The van der Waals surface area contributed by atoms with E-state index in [1.165, 1.54) is 16.8 Å². The van der Waals surface area contributed by atoms with Gasteiger partial charge in [0.15, 0.2) is 0 Å². The van der Waals surface area contributed by atoms with Crippen LogP contribution in [0, 0.1) is 11.3 Å². The van der Waals surface area contributed by atoms with Gasteiger partial charge in [-0.25, -0.2) is 4.79 Å². The summed E-state index contributed by atoms with van der Waals surface area (Å²) in [7, 11) is 1.63. The van der Waals surface area contributed by atoms with Crippen molar-refractivity contribution in [1.29, 1.82) is 5.26 Å². The van der Waals surface area contributed by atoms with Crippen molar-refractivity contribution in [2.75, 3.05) is 0 Å². The first-order valence-electron chi connectivity index (χ1n) is 3.16. The normalized spacial score (nSPS) is 9.08. The summed E-state index contributed by atoms with van der Waals surface area (Å²) in [4.78, 5) is 14.9. The Morgan fingerprint density at radius 3 is 2.92 bits per heavy atom. The summed E-state index contributed by atoms with van der Waals surface area (Å²) in [5, 5.41) is 8.48. The molecule has 0 saturated heterocycles. The summed E-state index contributed by atoms with van der Waals surface area (Å²) >= 11 is 0. The zero-order chi connectivity index (χ0) is 9.14. The molecule has 1 rings (SSSR count). The van der Waals surface area contributed by atoms with Crippen molar-refractivity contribution in [3.05, 3.63) is 23.5 Å². The van der Waals surface area contributed by atoms with E-state index in [2.05, 4.69) is 10.7 Å². The van der Waals surface area contributed by atoms with E-state index in [0.717, 1.165) is 0 Å². The number of aryl methyl sites for hydroxylation is 1. The van der Waals surface area contributed by atoms with Gasteiger partial charge in [0.2, 0.25) is 0 Å². The van der Waals surface area contributed by atoms with Crippen LogP contribution in [-0.4, -0.2) is 10.5 Å². The molecule has 12 heavy (non-hydrogen) atoms. The Bertz CT molecular complexity index is 348. The smallest absolute Gasteiger partial charge is 0.369 e. The largest absolute Gasteiger partial charge is 0.373 e. The van der Waals surface area contributed by atoms with Crippen molar-refractivity contribution >= 4 is 5.97 Å².